The number of benzene rings is 1. The molecule has 1 aromatic carbocycles. The summed E-state index contributed by atoms with van der Waals surface area (Å²) in [7, 11) is -1.72. The molecule has 6 nitrogen and oxygen atoms in total. The van der Waals surface area contributed by atoms with Gasteiger partial charge in [0.25, 0.3) is 0 Å². The maximum absolute atomic E-state index is 13.0. The number of rotatable bonds is 8. The quantitative estimate of drug-likeness (QED) is 0.731. The largest absolute Gasteiger partial charge is 0.480 e. The molecule has 7 heteroatoms. The van der Waals surface area contributed by atoms with Crippen molar-refractivity contribution in [1.29, 1.82) is 0 Å². The van der Waals surface area contributed by atoms with Gasteiger partial charge >= 0.3 is 5.97 Å². The van der Waals surface area contributed by atoms with Crippen molar-refractivity contribution in [3.8, 4) is 0 Å². The van der Waals surface area contributed by atoms with Crippen molar-refractivity contribution in [1.82, 2.24) is 9.21 Å². The van der Waals surface area contributed by atoms with Crippen molar-refractivity contribution in [2.75, 3.05) is 26.7 Å². The Hall–Kier alpha value is -1.44. The van der Waals surface area contributed by atoms with Gasteiger partial charge in [-0.2, -0.15) is 4.31 Å². The van der Waals surface area contributed by atoms with Crippen LogP contribution in [0.3, 0.4) is 0 Å². The van der Waals surface area contributed by atoms with E-state index in [1.165, 1.54) is 0 Å². The van der Waals surface area contributed by atoms with Crippen molar-refractivity contribution >= 4 is 16.0 Å². The predicted octanol–water partition coefficient (Wildman–Crippen LogP) is 2.83. The highest BCUT2D eigenvalue weighted by Crippen LogP contribution is 2.23. The van der Waals surface area contributed by atoms with E-state index in [0.29, 0.717) is 30.3 Å². The summed E-state index contributed by atoms with van der Waals surface area (Å²) in [6, 6.07) is 7.35. The van der Waals surface area contributed by atoms with Gasteiger partial charge in [0.2, 0.25) is 10.0 Å². The van der Waals surface area contributed by atoms with Crippen LogP contribution >= 0.6 is 0 Å². The van der Waals surface area contributed by atoms with E-state index in [1.54, 1.807) is 23.5 Å². The van der Waals surface area contributed by atoms with E-state index < -0.39 is 16.0 Å². The zero-order valence-corrected chi connectivity index (χ0v) is 17.4. The number of carbonyl (C=O) groups is 1. The third kappa shape index (κ3) is 6.30. The number of sulfonamides is 1. The molecule has 0 bridgehead atoms. The van der Waals surface area contributed by atoms with Crippen LogP contribution in [0, 0.1) is 5.92 Å². The molecule has 1 N–H and O–H groups in total. The van der Waals surface area contributed by atoms with Gasteiger partial charge in [-0.1, -0.05) is 26.0 Å². The molecule has 1 unspecified atom stereocenters. The lowest BCUT2D eigenvalue weighted by Crippen LogP contribution is -2.37. The number of aryl methyl sites for hydroxylation is 1. The smallest absolute Gasteiger partial charge is 0.317 e. The third-order valence-electron chi connectivity index (χ3n) is 5.24. The number of likely N-dealkylation sites (N-methyl/N-ethyl adjacent to an activating group) is 1. The molecule has 1 saturated heterocycles. The fourth-order valence-corrected chi connectivity index (χ4v) is 5.00. The molecular formula is C20H32N2O4S. The van der Waals surface area contributed by atoms with Crippen LogP contribution in [-0.4, -0.2) is 61.4 Å². The van der Waals surface area contributed by atoms with E-state index in [1.807, 2.05) is 17.0 Å². The SMILES string of the molecule is CC(C)CCc1ccc(S(=O)(=O)N2CCCC(N(C)CC(=O)O)CC2)cc1. The molecule has 1 aliphatic rings. The molecule has 1 heterocycles. The first-order valence-electron chi connectivity index (χ1n) is 9.71. The summed E-state index contributed by atoms with van der Waals surface area (Å²) in [5, 5.41) is 8.96. The number of hydrogen-bond acceptors (Lipinski definition) is 4. The van der Waals surface area contributed by atoms with Crippen LogP contribution in [0.2, 0.25) is 0 Å². The van der Waals surface area contributed by atoms with Gasteiger partial charge in [0.15, 0.2) is 0 Å². The predicted molar refractivity (Wildman–Crippen MR) is 106 cm³/mol. The maximum atomic E-state index is 13.0. The van der Waals surface area contributed by atoms with E-state index in [0.717, 1.165) is 31.2 Å². The lowest BCUT2D eigenvalue weighted by molar-refractivity contribution is -0.138. The summed E-state index contributed by atoms with van der Waals surface area (Å²) in [5.41, 5.74) is 1.16. The van der Waals surface area contributed by atoms with Crippen molar-refractivity contribution in [3.05, 3.63) is 29.8 Å². The molecular weight excluding hydrogens is 364 g/mol. The summed E-state index contributed by atoms with van der Waals surface area (Å²) in [6.45, 7) is 5.24. The first-order chi connectivity index (χ1) is 12.7. The Labute approximate surface area is 163 Å². The van der Waals surface area contributed by atoms with Crippen LogP contribution in [0.1, 0.15) is 45.1 Å². The molecule has 1 atom stereocenters. The fraction of sp³-hybridized carbons (Fsp3) is 0.650. The minimum absolute atomic E-state index is 0.0186. The molecule has 1 aromatic rings. The summed E-state index contributed by atoms with van der Waals surface area (Å²) in [5.74, 6) is -0.235. The van der Waals surface area contributed by atoms with Gasteiger partial charge in [0, 0.05) is 19.1 Å². The van der Waals surface area contributed by atoms with Gasteiger partial charge in [0.1, 0.15) is 0 Å². The molecule has 1 aliphatic heterocycles. The van der Waals surface area contributed by atoms with E-state index in [-0.39, 0.29) is 12.6 Å². The van der Waals surface area contributed by atoms with E-state index in [2.05, 4.69) is 13.8 Å². The molecule has 27 heavy (non-hydrogen) atoms. The fourth-order valence-electron chi connectivity index (χ4n) is 3.51. The lowest BCUT2D eigenvalue weighted by atomic mass is 10.0. The standard InChI is InChI=1S/C20H32N2O4S/c1-16(2)6-7-17-8-10-19(11-9-17)27(25,26)22-13-4-5-18(12-14-22)21(3)15-20(23)24/h8-11,16,18H,4-7,12-15H2,1-3H3,(H,23,24). The Morgan fingerprint density at radius 3 is 2.48 bits per heavy atom. The average Bonchev–Trinajstić information content (AvgIpc) is 2.86. The van der Waals surface area contributed by atoms with E-state index in [9.17, 15) is 13.2 Å². The van der Waals surface area contributed by atoms with Crippen LogP contribution in [0.5, 0.6) is 0 Å². The van der Waals surface area contributed by atoms with Crippen LogP contribution in [0.25, 0.3) is 0 Å². The molecule has 0 spiro atoms. The number of nitrogens with zero attached hydrogens (tertiary/aromatic N) is 2. The molecule has 0 aliphatic carbocycles. The second-order valence-corrected chi connectivity index (χ2v) is 9.81. The van der Waals surface area contributed by atoms with Gasteiger partial charge in [0.05, 0.1) is 11.4 Å². The summed E-state index contributed by atoms with van der Waals surface area (Å²) >= 11 is 0. The summed E-state index contributed by atoms with van der Waals surface area (Å²) in [6.07, 6.45) is 4.24. The molecule has 0 saturated carbocycles. The Kier molecular flexibility index (Phi) is 7.82. The number of carboxylic acids is 1. The first-order valence-corrected chi connectivity index (χ1v) is 11.1. The Morgan fingerprint density at radius 2 is 1.89 bits per heavy atom. The van der Waals surface area contributed by atoms with Crippen molar-refractivity contribution < 1.29 is 18.3 Å². The molecule has 0 amide bonds. The summed E-state index contributed by atoms with van der Waals surface area (Å²) in [4.78, 5) is 13.1. The second kappa shape index (κ2) is 9.66. The molecule has 0 radical (unpaired) electrons. The van der Waals surface area contributed by atoms with Gasteiger partial charge in [-0.05, 0) is 62.8 Å². The van der Waals surface area contributed by atoms with E-state index >= 15 is 0 Å². The number of hydrogen-bond donors (Lipinski definition) is 1. The lowest BCUT2D eigenvalue weighted by Gasteiger charge is -2.25. The zero-order chi connectivity index (χ0) is 20.0. The maximum Gasteiger partial charge on any atom is 0.317 e. The number of carboxylic acid groups (broad SMARTS) is 1. The van der Waals surface area contributed by atoms with Crippen molar-refractivity contribution in [3.63, 3.8) is 0 Å². The van der Waals surface area contributed by atoms with E-state index in [4.69, 9.17) is 5.11 Å². The zero-order valence-electron chi connectivity index (χ0n) is 16.6. The average molecular weight is 397 g/mol. The van der Waals surface area contributed by atoms with Crippen molar-refractivity contribution in [2.24, 2.45) is 5.92 Å². The minimum Gasteiger partial charge on any atom is -0.480 e. The normalized spacial score (nSPS) is 19.4. The van der Waals surface area contributed by atoms with Crippen LogP contribution in [-0.2, 0) is 21.2 Å². The monoisotopic (exact) mass is 396 g/mol. The molecule has 1 fully saturated rings. The Bertz CT molecular complexity index is 716. The summed E-state index contributed by atoms with van der Waals surface area (Å²) < 4.78 is 27.5. The van der Waals surface area contributed by atoms with Gasteiger partial charge in [-0.15, -0.1) is 0 Å². The second-order valence-electron chi connectivity index (χ2n) is 7.87. The highest BCUT2D eigenvalue weighted by atomic mass is 32.2. The van der Waals surface area contributed by atoms with Crippen molar-refractivity contribution in [2.45, 2.75) is 56.9 Å². The molecule has 0 aromatic heterocycles. The highest BCUT2D eigenvalue weighted by molar-refractivity contribution is 7.89. The topological polar surface area (TPSA) is 77.9 Å². The van der Waals surface area contributed by atoms with Crippen LogP contribution in [0.15, 0.2) is 29.2 Å². The Morgan fingerprint density at radius 1 is 1.22 bits per heavy atom. The van der Waals surface area contributed by atoms with Crippen LogP contribution in [0.4, 0.5) is 0 Å². The third-order valence-corrected chi connectivity index (χ3v) is 7.15. The Balaban J connectivity index is 2.02. The van der Waals surface area contributed by atoms with Gasteiger partial charge in [-0.25, -0.2) is 8.42 Å². The number of aliphatic carboxylic acids is 1. The highest BCUT2D eigenvalue weighted by Gasteiger charge is 2.29. The molecule has 2 rings (SSSR count). The van der Waals surface area contributed by atoms with Gasteiger partial charge < -0.3 is 5.11 Å². The first kappa shape index (κ1) is 21.9. The molecule has 152 valence electrons. The van der Waals surface area contributed by atoms with Crippen LogP contribution < -0.4 is 0 Å². The van der Waals surface area contributed by atoms with Gasteiger partial charge in [-0.3, -0.25) is 9.69 Å². The minimum atomic E-state index is -3.51.